The molecule has 1 fully saturated rings. The Morgan fingerprint density at radius 1 is 1.00 bits per heavy atom. The molecule has 1 aliphatic rings. The van der Waals surface area contributed by atoms with Crippen LogP contribution in [0.4, 0.5) is 11.4 Å². The highest BCUT2D eigenvalue weighted by molar-refractivity contribution is 6.11. The van der Waals surface area contributed by atoms with Crippen molar-refractivity contribution in [3.63, 3.8) is 0 Å². The van der Waals surface area contributed by atoms with Gasteiger partial charge in [-0.3, -0.25) is 19.9 Å². The van der Waals surface area contributed by atoms with E-state index in [1.165, 1.54) is 19.3 Å². The van der Waals surface area contributed by atoms with Gasteiger partial charge in [-0.05, 0) is 68.8 Å². The molecule has 5 rings (SSSR count). The summed E-state index contributed by atoms with van der Waals surface area (Å²) < 4.78 is 0. The molecule has 2 N–H and O–H groups in total. The molecule has 1 amide bonds. The smallest absolute Gasteiger partial charge is 0.276 e. The number of carbonyl (C=O) groups excluding carboxylic acids is 1. The second-order valence-electron chi connectivity index (χ2n) is 9.09. The van der Waals surface area contributed by atoms with Crippen molar-refractivity contribution in [3.05, 3.63) is 66.4 Å². The van der Waals surface area contributed by atoms with E-state index < -0.39 is 0 Å². The number of rotatable bonds is 6. The minimum Gasteiger partial charge on any atom is -0.370 e. The third kappa shape index (κ3) is 4.77. The number of H-pyrrole nitrogens is 1. The normalized spacial score (nSPS) is 14.0. The summed E-state index contributed by atoms with van der Waals surface area (Å²) in [4.78, 5) is 26.3. The van der Waals surface area contributed by atoms with Crippen LogP contribution < -0.4 is 10.2 Å². The minimum atomic E-state index is -0.271. The van der Waals surface area contributed by atoms with Crippen LogP contribution in [0.2, 0.25) is 0 Å². The van der Waals surface area contributed by atoms with Crippen molar-refractivity contribution in [2.24, 2.45) is 0 Å². The van der Waals surface area contributed by atoms with Crippen LogP contribution in [0.15, 0.2) is 55.1 Å². The van der Waals surface area contributed by atoms with Gasteiger partial charge in [-0.15, -0.1) is 0 Å². The maximum absolute atomic E-state index is 13.1. The van der Waals surface area contributed by atoms with E-state index in [0.717, 1.165) is 52.9 Å². The molecule has 1 saturated heterocycles. The quantitative estimate of drug-likeness (QED) is 0.450. The molecule has 0 saturated carbocycles. The summed E-state index contributed by atoms with van der Waals surface area (Å²) >= 11 is 0. The maximum Gasteiger partial charge on any atom is 0.276 e. The topological polar surface area (TPSA) is 90.0 Å². The van der Waals surface area contributed by atoms with Crippen LogP contribution in [0, 0.1) is 0 Å². The van der Waals surface area contributed by atoms with Gasteiger partial charge in [0.15, 0.2) is 5.69 Å². The Morgan fingerprint density at radius 2 is 1.82 bits per heavy atom. The number of carbonyl (C=O) groups is 1. The first-order valence-electron chi connectivity index (χ1n) is 11.7. The summed E-state index contributed by atoms with van der Waals surface area (Å²) in [5.41, 5.74) is 6.02. The van der Waals surface area contributed by atoms with Crippen molar-refractivity contribution < 1.29 is 4.79 Å². The lowest BCUT2D eigenvalue weighted by atomic mass is 10.0. The van der Waals surface area contributed by atoms with Crippen molar-refractivity contribution in [2.75, 3.05) is 37.4 Å². The molecule has 8 heteroatoms. The van der Waals surface area contributed by atoms with Gasteiger partial charge >= 0.3 is 0 Å². The third-order valence-corrected chi connectivity index (χ3v) is 6.11. The lowest BCUT2D eigenvalue weighted by Gasteiger charge is -2.28. The second-order valence-corrected chi connectivity index (χ2v) is 9.09. The lowest BCUT2D eigenvalue weighted by Crippen LogP contribution is -2.29. The SMILES string of the molecule is CN(C)Cc1cncc(NC(=O)c2n[nH]c3ccc(-c4cncc(N5CCCCC5)c4)cc23)c1. The van der Waals surface area contributed by atoms with Gasteiger partial charge in [0.25, 0.3) is 5.91 Å². The van der Waals surface area contributed by atoms with Gasteiger partial charge in [0.05, 0.1) is 29.3 Å². The Hall–Kier alpha value is -3.78. The zero-order chi connectivity index (χ0) is 23.5. The highest BCUT2D eigenvalue weighted by Crippen LogP contribution is 2.29. The molecule has 0 unspecified atom stereocenters. The Balaban J connectivity index is 1.41. The molecule has 4 heterocycles. The highest BCUT2D eigenvalue weighted by atomic mass is 16.1. The van der Waals surface area contributed by atoms with E-state index in [0.29, 0.717) is 11.4 Å². The van der Waals surface area contributed by atoms with Crippen LogP contribution >= 0.6 is 0 Å². The fraction of sp³-hybridized carbons (Fsp3) is 0.308. The second kappa shape index (κ2) is 9.61. The molecular formula is C26H29N7O. The Kier molecular flexibility index (Phi) is 6.22. The molecule has 4 aromatic rings. The van der Waals surface area contributed by atoms with Gasteiger partial charge in [-0.1, -0.05) is 6.07 Å². The summed E-state index contributed by atoms with van der Waals surface area (Å²) in [5.74, 6) is -0.271. The largest absolute Gasteiger partial charge is 0.370 e. The molecule has 0 radical (unpaired) electrons. The number of aromatic amines is 1. The number of benzene rings is 1. The summed E-state index contributed by atoms with van der Waals surface area (Å²) in [6.45, 7) is 2.89. The number of fused-ring (bicyclic) bond motifs is 1. The monoisotopic (exact) mass is 455 g/mol. The first-order chi connectivity index (χ1) is 16.6. The molecule has 1 aromatic carbocycles. The predicted molar refractivity (Wildman–Crippen MR) is 135 cm³/mol. The van der Waals surface area contributed by atoms with E-state index in [1.54, 1.807) is 12.4 Å². The van der Waals surface area contributed by atoms with Crippen molar-refractivity contribution in [1.29, 1.82) is 0 Å². The van der Waals surface area contributed by atoms with E-state index in [-0.39, 0.29) is 5.91 Å². The van der Waals surface area contributed by atoms with Crippen molar-refractivity contribution in [1.82, 2.24) is 25.1 Å². The van der Waals surface area contributed by atoms with Gasteiger partial charge in [-0.25, -0.2) is 0 Å². The number of pyridine rings is 2. The Morgan fingerprint density at radius 3 is 2.65 bits per heavy atom. The summed E-state index contributed by atoms with van der Waals surface area (Å²) in [7, 11) is 3.99. The fourth-order valence-electron chi connectivity index (χ4n) is 4.48. The van der Waals surface area contributed by atoms with E-state index in [4.69, 9.17) is 0 Å². The van der Waals surface area contributed by atoms with Gasteiger partial charge in [0.2, 0.25) is 0 Å². The number of hydrogen-bond acceptors (Lipinski definition) is 6. The molecule has 174 valence electrons. The molecule has 0 atom stereocenters. The molecule has 34 heavy (non-hydrogen) atoms. The van der Waals surface area contributed by atoms with Crippen LogP contribution in [0.25, 0.3) is 22.0 Å². The predicted octanol–water partition coefficient (Wildman–Crippen LogP) is 4.32. The number of aromatic nitrogens is 4. The zero-order valence-electron chi connectivity index (χ0n) is 19.6. The average molecular weight is 456 g/mol. The summed E-state index contributed by atoms with van der Waals surface area (Å²) in [6, 6.07) is 10.1. The molecule has 0 aliphatic carbocycles. The molecular weight excluding hydrogens is 426 g/mol. The number of nitrogens with one attached hydrogen (secondary N) is 2. The molecule has 8 nitrogen and oxygen atoms in total. The highest BCUT2D eigenvalue weighted by Gasteiger charge is 2.17. The van der Waals surface area contributed by atoms with Crippen LogP contribution in [0.1, 0.15) is 35.3 Å². The third-order valence-electron chi connectivity index (χ3n) is 6.11. The maximum atomic E-state index is 13.1. The first-order valence-corrected chi connectivity index (χ1v) is 11.7. The number of hydrogen-bond donors (Lipinski definition) is 2. The average Bonchev–Trinajstić information content (AvgIpc) is 3.28. The van der Waals surface area contributed by atoms with E-state index >= 15 is 0 Å². The molecule has 1 aliphatic heterocycles. The first kappa shape index (κ1) is 22.0. The van der Waals surface area contributed by atoms with Crippen molar-refractivity contribution in [2.45, 2.75) is 25.8 Å². The number of piperidine rings is 1. The van der Waals surface area contributed by atoms with E-state index in [2.05, 4.69) is 41.3 Å². The van der Waals surface area contributed by atoms with Gasteiger partial charge in [0.1, 0.15) is 0 Å². The van der Waals surface area contributed by atoms with Gasteiger partial charge in [-0.2, -0.15) is 5.10 Å². The fourth-order valence-corrected chi connectivity index (χ4v) is 4.48. The van der Waals surface area contributed by atoms with Gasteiger partial charge < -0.3 is 15.1 Å². The zero-order valence-corrected chi connectivity index (χ0v) is 19.6. The molecule has 0 bridgehead atoms. The number of amides is 1. The van der Waals surface area contributed by atoms with Gasteiger partial charge in [0, 0.05) is 43.0 Å². The Bertz CT molecular complexity index is 1310. The number of anilines is 2. The molecule has 3 aromatic heterocycles. The lowest BCUT2D eigenvalue weighted by molar-refractivity contribution is 0.102. The summed E-state index contributed by atoms with van der Waals surface area (Å²) in [5, 5.41) is 11.0. The molecule has 0 spiro atoms. The minimum absolute atomic E-state index is 0.271. The van der Waals surface area contributed by atoms with Crippen molar-refractivity contribution >= 4 is 28.2 Å². The van der Waals surface area contributed by atoms with Crippen LogP contribution in [0.5, 0.6) is 0 Å². The summed E-state index contributed by atoms with van der Waals surface area (Å²) in [6.07, 6.45) is 11.0. The number of nitrogens with zero attached hydrogens (tertiary/aromatic N) is 5. The van der Waals surface area contributed by atoms with Crippen LogP contribution in [0.3, 0.4) is 0 Å². The standard InChI is InChI=1S/C26H29N7O/c1-32(2)17-18-10-21(15-27-13-18)29-26(34)25-23-12-19(6-7-24(23)30-31-25)20-11-22(16-28-14-20)33-8-4-3-5-9-33/h6-7,10-16H,3-5,8-9,17H2,1-2H3,(H,29,34)(H,30,31). The van der Waals surface area contributed by atoms with E-state index in [1.807, 2.05) is 50.8 Å². The van der Waals surface area contributed by atoms with Crippen LogP contribution in [-0.2, 0) is 6.54 Å². The van der Waals surface area contributed by atoms with E-state index in [9.17, 15) is 4.79 Å². The Labute approximate surface area is 199 Å². The van der Waals surface area contributed by atoms with Crippen LogP contribution in [-0.4, -0.2) is 58.2 Å². The van der Waals surface area contributed by atoms with Crippen molar-refractivity contribution in [3.8, 4) is 11.1 Å².